The highest BCUT2D eigenvalue weighted by molar-refractivity contribution is 5.93. The van der Waals surface area contributed by atoms with E-state index in [0.29, 0.717) is 0 Å². The molecule has 0 N–H and O–H groups in total. The second-order valence-corrected chi connectivity index (χ2v) is 2.06. The Hall–Kier alpha value is -0.850. The van der Waals surface area contributed by atoms with Crippen LogP contribution in [0.5, 0.6) is 0 Å². The quantitative estimate of drug-likeness (QED) is 0.564. The summed E-state index contributed by atoms with van der Waals surface area (Å²) in [6.45, 7) is 10.1. The molecule has 0 rings (SSSR count). The van der Waals surface area contributed by atoms with Gasteiger partial charge in [-0.1, -0.05) is 32.9 Å². The van der Waals surface area contributed by atoms with Crippen LogP contribution in [-0.2, 0) is 0 Å². The molecule has 0 spiro atoms. The molecule has 0 aliphatic heterocycles. The van der Waals surface area contributed by atoms with Crippen LogP contribution in [0.4, 0.5) is 0 Å². The Kier molecular flexibility index (Phi) is 14.6. The molecule has 0 saturated heterocycles. The van der Waals surface area contributed by atoms with Crippen LogP contribution in [0, 0.1) is 0 Å². The number of aliphatic imine (C=N–C) groups is 1. The van der Waals surface area contributed by atoms with Crippen LogP contribution in [-0.4, -0.2) is 5.71 Å². The summed E-state index contributed by atoms with van der Waals surface area (Å²) in [6.07, 6.45) is 8.90. The molecule has 70 valence electrons. The number of rotatable bonds is 3. The molecule has 0 unspecified atom stereocenters. The van der Waals surface area contributed by atoms with E-state index in [4.69, 9.17) is 0 Å². The number of hydrogen-bond donors (Lipinski definition) is 0. The van der Waals surface area contributed by atoms with Crippen molar-refractivity contribution in [1.82, 2.24) is 0 Å². The van der Waals surface area contributed by atoms with Gasteiger partial charge in [0.2, 0.25) is 0 Å². The van der Waals surface area contributed by atoms with Gasteiger partial charge < -0.3 is 0 Å². The Labute approximate surface area is 76.9 Å². The zero-order valence-corrected chi connectivity index (χ0v) is 8.96. The van der Waals surface area contributed by atoms with E-state index in [1.54, 1.807) is 0 Å². The van der Waals surface area contributed by atoms with Crippen molar-refractivity contribution in [3.8, 4) is 0 Å². The largest absolute Gasteiger partial charge is 0.262 e. The predicted octanol–water partition coefficient (Wildman–Crippen LogP) is 3.97. The smallest absolute Gasteiger partial charge is 0.0369 e. The normalized spacial score (nSPS) is 11.9. The van der Waals surface area contributed by atoms with Crippen molar-refractivity contribution in [3.05, 3.63) is 24.4 Å². The molecule has 0 aliphatic rings. The van der Waals surface area contributed by atoms with Gasteiger partial charge in [-0.3, -0.25) is 4.99 Å². The lowest BCUT2D eigenvalue weighted by Crippen LogP contribution is -1.79. The number of allylic oxidation sites excluding steroid dienone is 3. The van der Waals surface area contributed by atoms with Crippen LogP contribution in [0.25, 0.3) is 0 Å². The van der Waals surface area contributed by atoms with E-state index in [1.165, 1.54) is 0 Å². The van der Waals surface area contributed by atoms with Gasteiger partial charge in [0.1, 0.15) is 0 Å². The third kappa shape index (κ3) is 11.9. The molecule has 1 heteroatoms. The first kappa shape index (κ1) is 13.7. The molecule has 0 aromatic rings. The van der Waals surface area contributed by atoms with Crippen molar-refractivity contribution in [2.24, 2.45) is 4.99 Å². The van der Waals surface area contributed by atoms with E-state index in [2.05, 4.69) is 11.9 Å². The van der Waals surface area contributed by atoms with Crippen LogP contribution < -0.4 is 0 Å². The molecule has 0 bridgehead atoms. The van der Waals surface area contributed by atoms with E-state index in [-0.39, 0.29) is 0 Å². The van der Waals surface area contributed by atoms with Gasteiger partial charge in [0.25, 0.3) is 0 Å². The Morgan fingerprint density at radius 3 is 2.33 bits per heavy atom. The summed E-state index contributed by atoms with van der Waals surface area (Å²) in [6, 6.07) is 0. The zero-order valence-electron chi connectivity index (χ0n) is 8.96. The second kappa shape index (κ2) is 12.8. The minimum Gasteiger partial charge on any atom is -0.262 e. The van der Waals surface area contributed by atoms with Crippen molar-refractivity contribution in [2.45, 2.75) is 41.0 Å². The first-order valence-electron chi connectivity index (χ1n) is 4.63. The third-order valence-corrected chi connectivity index (χ3v) is 1.03. The summed E-state index contributed by atoms with van der Waals surface area (Å²) in [5.74, 6) is 0. The minimum atomic E-state index is 1.05. The van der Waals surface area contributed by atoms with Gasteiger partial charge in [0.05, 0.1) is 0 Å². The van der Waals surface area contributed by atoms with Gasteiger partial charge in [-0.05, 0) is 26.3 Å². The van der Waals surface area contributed by atoms with Gasteiger partial charge in [0.15, 0.2) is 0 Å². The molecular weight excluding hydrogens is 146 g/mol. The van der Waals surface area contributed by atoms with Gasteiger partial charge in [-0.15, -0.1) is 0 Å². The summed E-state index contributed by atoms with van der Waals surface area (Å²) in [4.78, 5) is 4.15. The molecule has 0 saturated carbocycles. The molecule has 0 aromatic heterocycles. The molecule has 0 aliphatic carbocycles. The third-order valence-electron chi connectivity index (χ3n) is 1.03. The summed E-state index contributed by atoms with van der Waals surface area (Å²) in [7, 11) is 0. The molecular formula is C11H21N. The lowest BCUT2D eigenvalue weighted by molar-refractivity contribution is 1.21. The van der Waals surface area contributed by atoms with Gasteiger partial charge in [-0.25, -0.2) is 0 Å². The van der Waals surface area contributed by atoms with Gasteiger partial charge in [-0.2, -0.15) is 0 Å². The Morgan fingerprint density at radius 2 is 1.92 bits per heavy atom. The molecule has 0 amide bonds. The average molecular weight is 167 g/mol. The molecule has 12 heavy (non-hydrogen) atoms. The molecule has 0 aromatic carbocycles. The summed E-state index contributed by atoms with van der Waals surface area (Å²) in [5.41, 5.74) is 1.05. The highest BCUT2D eigenvalue weighted by atomic mass is 14.7. The molecule has 0 heterocycles. The Balaban J connectivity index is 0. The van der Waals surface area contributed by atoms with E-state index in [1.807, 2.05) is 52.1 Å². The maximum absolute atomic E-state index is 4.15. The Morgan fingerprint density at radius 1 is 1.33 bits per heavy atom. The number of nitrogens with zero attached hydrogens (tertiary/aromatic N) is 1. The monoisotopic (exact) mass is 167 g/mol. The van der Waals surface area contributed by atoms with Crippen molar-refractivity contribution in [2.75, 3.05) is 0 Å². The fraction of sp³-hybridized carbons (Fsp3) is 0.545. The van der Waals surface area contributed by atoms with E-state index < -0.39 is 0 Å². The predicted molar refractivity (Wildman–Crippen MR) is 58.7 cm³/mol. The fourth-order valence-electron chi connectivity index (χ4n) is 0.560. The van der Waals surface area contributed by atoms with E-state index in [9.17, 15) is 0 Å². The molecule has 0 fully saturated rings. The SMILES string of the molecule is CC.C\C=C/C(C)=N\C=C/CC. The lowest BCUT2D eigenvalue weighted by atomic mass is 10.4. The van der Waals surface area contributed by atoms with Gasteiger partial charge in [0, 0.05) is 11.9 Å². The average Bonchev–Trinajstić information content (AvgIpc) is 2.09. The van der Waals surface area contributed by atoms with Crippen LogP contribution in [0.1, 0.15) is 41.0 Å². The Bertz CT molecular complexity index is 152. The van der Waals surface area contributed by atoms with Crippen molar-refractivity contribution in [3.63, 3.8) is 0 Å². The summed E-state index contributed by atoms with van der Waals surface area (Å²) in [5, 5.41) is 0. The van der Waals surface area contributed by atoms with Crippen LogP contribution in [0.15, 0.2) is 29.4 Å². The maximum Gasteiger partial charge on any atom is 0.0369 e. The standard InChI is InChI=1S/C9H15N.C2H6/c1-4-6-8-10-9(3)7-5-2;1-2/h5-8H,4H2,1-3H3;1-2H3/b7-5-,8-6-,10-9-;. The fourth-order valence-corrected chi connectivity index (χ4v) is 0.560. The molecule has 1 nitrogen and oxygen atoms in total. The van der Waals surface area contributed by atoms with Gasteiger partial charge >= 0.3 is 0 Å². The molecule has 0 atom stereocenters. The van der Waals surface area contributed by atoms with Crippen LogP contribution >= 0.6 is 0 Å². The zero-order chi connectivity index (χ0) is 9.82. The highest BCUT2D eigenvalue weighted by Crippen LogP contribution is 1.85. The van der Waals surface area contributed by atoms with E-state index in [0.717, 1.165) is 12.1 Å². The van der Waals surface area contributed by atoms with Crippen molar-refractivity contribution in [1.29, 1.82) is 0 Å². The first-order chi connectivity index (χ1) is 5.81. The number of hydrogen-bond acceptors (Lipinski definition) is 1. The van der Waals surface area contributed by atoms with Crippen molar-refractivity contribution >= 4 is 5.71 Å². The maximum atomic E-state index is 4.15. The highest BCUT2D eigenvalue weighted by Gasteiger charge is 1.75. The summed E-state index contributed by atoms with van der Waals surface area (Å²) < 4.78 is 0. The topological polar surface area (TPSA) is 12.4 Å². The van der Waals surface area contributed by atoms with Crippen LogP contribution in [0.2, 0.25) is 0 Å². The van der Waals surface area contributed by atoms with E-state index >= 15 is 0 Å². The lowest BCUT2D eigenvalue weighted by Gasteiger charge is -1.84. The first-order valence-corrected chi connectivity index (χ1v) is 4.63. The second-order valence-electron chi connectivity index (χ2n) is 2.06. The molecule has 0 radical (unpaired) electrons. The van der Waals surface area contributed by atoms with Crippen molar-refractivity contribution < 1.29 is 0 Å². The van der Waals surface area contributed by atoms with Crippen LogP contribution in [0.3, 0.4) is 0 Å². The summed E-state index contributed by atoms with van der Waals surface area (Å²) >= 11 is 0. The minimum absolute atomic E-state index is 1.05.